The number of aryl methyl sites for hydroxylation is 2. The van der Waals surface area contributed by atoms with Crippen LogP contribution in [0.25, 0.3) is 0 Å². The van der Waals surface area contributed by atoms with Gasteiger partial charge in [0.25, 0.3) is 0 Å². The maximum absolute atomic E-state index is 6.02. The number of fused-ring (bicyclic) bond motifs is 1. The van der Waals surface area contributed by atoms with Gasteiger partial charge in [-0.05, 0) is 54.0 Å². The van der Waals surface area contributed by atoms with Crippen molar-refractivity contribution in [1.29, 1.82) is 0 Å². The first kappa shape index (κ1) is 20.7. The van der Waals surface area contributed by atoms with Crippen LogP contribution in [-0.2, 0) is 24.2 Å². The van der Waals surface area contributed by atoms with E-state index in [-0.39, 0.29) is 24.0 Å². The Morgan fingerprint density at radius 1 is 1.15 bits per heavy atom. The summed E-state index contributed by atoms with van der Waals surface area (Å²) < 4.78 is 5.75. The smallest absolute Gasteiger partial charge is 0.193 e. The summed E-state index contributed by atoms with van der Waals surface area (Å²) in [7, 11) is 0. The molecule has 2 aromatic rings. The van der Waals surface area contributed by atoms with Gasteiger partial charge in [-0.15, -0.1) is 24.0 Å². The maximum Gasteiger partial charge on any atom is 0.193 e. The number of nitrogens with two attached hydrogens (primary N) is 1. The molecule has 3 N–H and O–H groups in total. The fourth-order valence-electron chi connectivity index (χ4n) is 3.10. The molecule has 0 aromatic heterocycles. The Morgan fingerprint density at radius 2 is 1.92 bits per heavy atom. The van der Waals surface area contributed by atoms with Crippen LogP contribution >= 0.6 is 24.0 Å². The minimum Gasteiger partial charge on any atom is -0.376 e. The van der Waals surface area contributed by atoms with E-state index in [0.717, 1.165) is 12.1 Å². The first-order valence-electron chi connectivity index (χ1n) is 9.01. The molecule has 140 valence electrons. The van der Waals surface area contributed by atoms with Gasteiger partial charge < -0.3 is 15.8 Å². The molecule has 0 radical (unpaired) electrons. The van der Waals surface area contributed by atoms with E-state index in [1.165, 1.54) is 29.5 Å². The number of nitrogens with zero attached hydrogens (tertiary/aromatic N) is 1. The third-order valence-electron chi connectivity index (χ3n) is 4.46. The molecule has 2 aromatic carbocycles. The molecule has 26 heavy (non-hydrogen) atoms. The number of aliphatic imine (C=N–C) groups is 1. The van der Waals surface area contributed by atoms with Crippen molar-refractivity contribution in [1.82, 2.24) is 0 Å². The number of halogens is 1. The minimum absolute atomic E-state index is 0. The van der Waals surface area contributed by atoms with E-state index in [1.54, 1.807) is 0 Å². The van der Waals surface area contributed by atoms with Crippen molar-refractivity contribution in [2.45, 2.75) is 32.8 Å². The standard InChI is InChI=1S/C21H27N3O.HI/c1-16(14-25-15-17-6-3-2-4-7-17)13-23-21(22)24-20-11-10-18-8-5-9-19(18)12-20;/h2-4,6-7,10-12,16H,5,8-9,13-15H2,1H3,(H3,22,23,24);1H. The lowest BCUT2D eigenvalue weighted by Gasteiger charge is -2.11. The highest BCUT2D eigenvalue weighted by molar-refractivity contribution is 14.0. The maximum atomic E-state index is 6.02. The SMILES string of the molecule is CC(CN=C(N)Nc1ccc2c(c1)CCC2)COCc1ccccc1.I. The highest BCUT2D eigenvalue weighted by Gasteiger charge is 2.11. The van der Waals surface area contributed by atoms with Crippen molar-refractivity contribution >= 4 is 35.6 Å². The molecular weight excluding hydrogens is 437 g/mol. The summed E-state index contributed by atoms with van der Waals surface area (Å²) in [6.45, 7) is 4.08. The summed E-state index contributed by atoms with van der Waals surface area (Å²) >= 11 is 0. The van der Waals surface area contributed by atoms with Gasteiger partial charge in [-0.1, -0.05) is 43.3 Å². The fraction of sp³-hybridized carbons (Fsp3) is 0.381. The first-order chi connectivity index (χ1) is 12.2. The zero-order valence-electron chi connectivity index (χ0n) is 15.3. The lowest BCUT2D eigenvalue weighted by Crippen LogP contribution is -2.24. The molecule has 0 heterocycles. The Bertz CT molecular complexity index is 718. The highest BCUT2D eigenvalue weighted by Crippen LogP contribution is 2.24. The van der Waals surface area contributed by atoms with E-state index in [0.29, 0.717) is 31.6 Å². The summed E-state index contributed by atoms with van der Waals surface area (Å²) in [5.41, 5.74) is 11.1. The normalized spacial score (nSPS) is 14.4. The Balaban J connectivity index is 0.00000243. The van der Waals surface area contributed by atoms with Crippen LogP contribution in [0.4, 0.5) is 5.69 Å². The van der Waals surface area contributed by atoms with Gasteiger partial charge >= 0.3 is 0 Å². The summed E-state index contributed by atoms with van der Waals surface area (Å²) in [6.07, 6.45) is 3.61. The third-order valence-corrected chi connectivity index (χ3v) is 4.46. The molecular formula is C21H28IN3O. The fourth-order valence-corrected chi connectivity index (χ4v) is 3.10. The van der Waals surface area contributed by atoms with E-state index in [1.807, 2.05) is 18.2 Å². The Kier molecular flexibility index (Phi) is 8.38. The number of benzene rings is 2. The number of hydrogen-bond acceptors (Lipinski definition) is 2. The predicted molar refractivity (Wildman–Crippen MR) is 119 cm³/mol. The average Bonchev–Trinajstić information content (AvgIpc) is 3.09. The number of ether oxygens (including phenoxy) is 1. The predicted octanol–water partition coefficient (Wildman–Crippen LogP) is 4.37. The van der Waals surface area contributed by atoms with Crippen molar-refractivity contribution in [2.24, 2.45) is 16.6 Å². The van der Waals surface area contributed by atoms with Crippen molar-refractivity contribution in [3.8, 4) is 0 Å². The summed E-state index contributed by atoms with van der Waals surface area (Å²) in [6, 6.07) is 16.7. The zero-order chi connectivity index (χ0) is 17.5. The van der Waals surface area contributed by atoms with E-state index < -0.39 is 0 Å². The molecule has 3 rings (SSSR count). The van der Waals surface area contributed by atoms with Gasteiger partial charge in [-0.25, -0.2) is 0 Å². The van der Waals surface area contributed by atoms with E-state index in [4.69, 9.17) is 10.5 Å². The molecule has 1 atom stereocenters. The summed E-state index contributed by atoms with van der Waals surface area (Å²) in [5.74, 6) is 0.789. The van der Waals surface area contributed by atoms with Crippen LogP contribution in [0.5, 0.6) is 0 Å². The summed E-state index contributed by atoms with van der Waals surface area (Å²) in [5, 5.41) is 3.20. The van der Waals surface area contributed by atoms with Crippen LogP contribution < -0.4 is 11.1 Å². The van der Waals surface area contributed by atoms with Gasteiger partial charge in [0.05, 0.1) is 13.2 Å². The first-order valence-corrected chi connectivity index (χ1v) is 9.01. The second-order valence-electron chi connectivity index (χ2n) is 6.79. The molecule has 0 spiro atoms. The van der Waals surface area contributed by atoms with Gasteiger partial charge in [-0.2, -0.15) is 0 Å². The van der Waals surface area contributed by atoms with Crippen LogP contribution in [0.1, 0.15) is 30.0 Å². The van der Waals surface area contributed by atoms with Crippen LogP contribution in [0.15, 0.2) is 53.5 Å². The number of rotatable bonds is 7. The molecule has 0 amide bonds. The Morgan fingerprint density at radius 3 is 2.73 bits per heavy atom. The van der Waals surface area contributed by atoms with Crippen molar-refractivity contribution < 1.29 is 4.74 Å². The van der Waals surface area contributed by atoms with Crippen molar-refractivity contribution in [3.05, 3.63) is 65.2 Å². The molecule has 1 aliphatic carbocycles. The topological polar surface area (TPSA) is 59.6 Å². The molecule has 5 heteroatoms. The third kappa shape index (κ3) is 6.29. The molecule has 1 aliphatic rings. The van der Waals surface area contributed by atoms with Crippen LogP contribution in [0.2, 0.25) is 0 Å². The van der Waals surface area contributed by atoms with Crippen LogP contribution in [-0.4, -0.2) is 19.1 Å². The monoisotopic (exact) mass is 465 g/mol. The number of anilines is 1. The molecule has 0 aliphatic heterocycles. The second-order valence-corrected chi connectivity index (χ2v) is 6.79. The van der Waals surface area contributed by atoms with E-state index in [2.05, 4.69) is 47.6 Å². The molecule has 1 unspecified atom stereocenters. The molecule has 0 bridgehead atoms. The second kappa shape index (κ2) is 10.5. The van der Waals surface area contributed by atoms with Crippen LogP contribution in [0, 0.1) is 5.92 Å². The molecule has 4 nitrogen and oxygen atoms in total. The number of nitrogens with one attached hydrogen (secondary N) is 1. The van der Waals surface area contributed by atoms with Crippen LogP contribution in [0.3, 0.4) is 0 Å². The van der Waals surface area contributed by atoms with Crippen molar-refractivity contribution in [2.75, 3.05) is 18.5 Å². The van der Waals surface area contributed by atoms with Crippen molar-refractivity contribution in [3.63, 3.8) is 0 Å². The molecule has 0 saturated carbocycles. The zero-order valence-corrected chi connectivity index (χ0v) is 17.6. The van der Waals surface area contributed by atoms with Gasteiger partial charge in [0, 0.05) is 12.2 Å². The quantitative estimate of drug-likeness (QED) is 0.363. The van der Waals surface area contributed by atoms with Gasteiger partial charge in [0.15, 0.2) is 5.96 Å². The van der Waals surface area contributed by atoms with Gasteiger partial charge in [-0.3, -0.25) is 4.99 Å². The highest BCUT2D eigenvalue weighted by atomic mass is 127. The lowest BCUT2D eigenvalue weighted by molar-refractivity contribution is 0.0945. The van der Waals surface area contributed by atoms with E-state index in [9.17, 15) is 0 Å². The minimum atomic E-state index is 0. The molecule has 0 fully saturated rings. The van der Waals surface area contributed by atoms with Gasteiger partial charge in [0.2, 0.25) is 0 Å². The average molecular weight is 465 g/mol. The Labute approximate surface area is 173 Å². The number of guanidine groups is 1. The Hall–Kier alpha value is -1.60. The lowest BCUT2D eigenvalue weighted by atomic mass is 10.1. The number of hydrogen-bond donors (Lipinski definition) is 2. The van der Waals surface area contributed by atoms with E-state index >= 15 is 0 Å². The molecule has 0 saturated heterocycles. The van der Waals surface area contributed by atoms with Gasteiger partial charge in [0.1, 0.15) is 0 Å². The largest absolute Gasteiger partial charge is 0.376 e. The summed E-state index contributed by atoms with van der Waals surface area (Å²) in [4.78, 5) is 4.44.